The van der Waals surface area contributed by atoms with Crippen LogP contribution in [0.4, 0.5) is 53.5 Å². The summed E-state index contributed by atoms with van der Waals surface area (Å²) in [4.78, 5) is 87.5. The molecule has 5 aliphatic heterocycles. The maximum Gasteiger partial charge on any atom is 0.236 e. The van der Waals surface area contributed by atoms with Gasteiger partial charge < -0.3 is 44.1 Å². The molecule has 0 bridgehead atoms. The maximum atomic E-state index is 6.17. The van der Waals surface area contributed by atoms with E-state index in [1.807, 2.05) is 12.4 Å². The lowest BCUT2D eigenvalue weighted by atomic mass is 9.77. The lowest BCUT2D eigenvalue weighted by molar-refractivity contribution is -0.0136. The summed E-state index contributed by atoms with van der Waals surface area (Å²) in [6.45, 7) is 82.3. The van der Waals surface area contributed by atoms with Crippen molar-refractivity contribution in [2.75, 3.05) is 151 Å². The number of anilines is 9. The summed E-state index contributed by atoms with van der Waals surface area (Å²) < 4.78 is 0. The molecule has 0 radical (unpaired) electrons. The maximum absolute atomic E-state index is 6.17. The molecule has 0 N–H and O–H groups in total. The highest BCUT2D eigenvalue weighted by Gasteiger charge is 2.52. The Kier molecular flexibility index (Phi) is 39.7. The van der Waals surface area contributed by atoms with Gasteiger partial charge >= 0.3 is 0 Å². The zero-order valence-corrected chi connectivity index (χ0v) is 89.6. The molecular formula is C107H193N23. The van der Waals surface area contributed by atoms with Crippen molar-refractivity contribution in [1.29, 1.82) is 0 Å². The van der Waals surface area contributed by atoms with Crippen molar-refractivity contribution < 1.29 is 0 Å². The fourth-order valence-electron chi connectivity index (χ4n) is 22.7. The Morgan fingerprint density at radius 2 is 0.400 bits per heavy atom. The monoisotopic (exact) mass is 1800 g/mol. The normalized spacial score (nSPS) is 20.5. The highest BCUT2D eigenvalue weighted by Crippen LogP contribution is 2.48. The highest BCUT2D eigenvalue weighted by atomic mass is 15.5. The molecule has 3 aromatic rings. The molecule has 8 heterocycles. The first-order chi connectivity index (χ1) is 61.1. The lowest BCUT2D eigenvalue weighted by Crippen LogP contribution is -2.63. The third-order valence-corrected chi connectivity index (χ3v) is 31.9. The summed E-state index contributed by atoms with van der Waals surface area (Å²) in [5.74, 6) is 6.99. The topological polar surface area (TPSA) is 161 Å². The third kappa shape index (κ3) is 28.4. The molecule has 8 rings (SSSR count). The lowest BCUT2D eigenvalue weighted by Gasteiger charge is -2.56. The van der Waals surface area contributed by atoms with Crippen LogP contribution < -0.4 is 44.1 Å². The predicted molar refractivity (Wildman–Crippen MR) is 556 cm³/mol. The highest BCUT2D eigenvalue weighted by molar-refractivity contribution is 5.53. The van der Waals surface area contributed by atoms with Gasteiger partial charge in [0.05, 0.1) is 12.4 Å². The summed E-state index contributed by atoms with van der Waals surface area (Å²) in [7, 11) is 11.7. The molecule has 23 nitrogen and oxygen atoms in total. The van der Waals surface area contributed by atoms with Gasteiger partial charge in [0.1, 0.15) is 0 Å². The van der Waals surface area contributed by atoms with Gasteiger partial charge in [0, 0.05) is 158 Å². The summed E-state index contributed by atoms with van der Waals surface area (Å²) in [6.07, 6.45) is 36.8. The molecule has 5 aliphatic rings. The predicted octanol–water partition coefficient (Wildman–Crippen LogP) is 22.8. The van der Waals surface area contributed by atoms with Gasteiger partial charge in [0.25, 0.3) is 0 Å². The molecule has 23 heteroatoms. The molecule has 3 aromatic heterocycles. The SMILES string of the molecule is C=C=C=CN(CCCC)c1nc(N(CCCC)CCCC)nc(N(CCCCCCN(c2nc(N(CCCC)C3CC(C)(C)N(C)C(C)(C)C3)nc(N(CCCCCCN(c3nc(N(C=C=C=C)CCCC)nc(N(CCCC)CCCC)n3)C3CC(C)(C)N(C)C(C)(C)C3)C3CC(C)(C)N(C)C(C)(C)C3)n2)C2CC(C)(C)N(C)C(C)(C)C2)C2CC(C)(C)N(C)C(C)(C)C2)n1. The Hall–Kier alpha value is -6.37. The van der Waals surface area contributed by atoms with Gasteiger partial charge in [-0.1, -0.05) is 142 Å². The average Bonchev–Trinajstić information content (AvgIpc) is 0.760. The summed E-state index contributed by atoms with van der Waals surface area (Å²) >= 11 is 0. The Morgan fingerprint density at radius 1 is 0.238 bits per heavy atom. The minimum absolute atomic E-state index is 0.0625. The van der Waals surface area contributed by atoms with Crippen molar-refractivity contribution in [3.05, 3.63) is 48.5 Å². The van der Waals surface area contributed by atoms with E-state index in [1.165, 1.54) is 0 Å². The molecular weight excluding hydrogens is 1610 g/mol. The van der Waals surface area contributed by atoms with Crippen molar-refractivity contribution >= 4 is 53.5 Å². The second-order valence-corrected chi connectivity index (χ2v) is 46.5. The zero-order valence-electron chi connectivity index (χ0n) is 89.6. The van der Waals surface area contributed by atoms with Crippen LogP contribution in [0.5, 0.6) is 0 Å². The number of hydrogen-bond acceptors (Lipinski definition) is 23. The van der Waals surface area contributed by atoms with Crippen molar-refractivity contribution in [3.63, 3.8) is 0 Å². The van der Waals surface area contributed by atoms with Gasteiger partial charge in [-0.3, -0.25) is 24.5 Å². The molecule has 736 valence electrons. The number of hydrogen-bond donors (Lipinski definition) is 0. The molecule has 0 aromatic carbocycles. The van der Waals surface area contributed by atoms with Crippen LogP contribution in [0.3, 0.4) is 0 Å². The van der Waals surface area contributed by atoms with Crippen LogP contribution in [0.1, 0.15) is 392 Å². The number of rotatable bonds is 51. The fourth-order valence-corrected chi connectivity index (χ4v) is 22.7. The van der Waals surface area contributed by atoms with E-state index in [-0.39, 0.29) is 85.6 Å². The van der Waals surface area contributed by atoms with E-state index in [2.05, 4.69) is 327 Å². The van der Waals surface area contributed by atoms with Crippen molar-refractivity contribution in [3.8, 4) is 0 Å². The van der Waals surface area contributed by atoms with Crippen LogP contribution in [0, 0.1) is 0 Å². The standard InChI is InChI=1S/C107H193N23/c1-35-44-61-122(62-45-36-2)89-108-90(123(63-46-37-3)64-47-38-4)111-93(110-89)127(85-76-100(14,15)118(31)101(16,17)77-85)70-57-53-55-59-72-129(87-80-104(22,23)120(33)105(24,25)81-87)96-114-95(126(69-52-43-9)84-74-98(10,11)117(30)99(12,13)75-84)115-97(116-96)130(88-82-106(26,27)121(34)107(28,29)83-88)73-60-56-54-58-71-128(86-78-102(18,19)119(32)103(20,21)79-86)94-112-91(124(65-48-39-5)66-49-40-6)109-92(113-94)125(67-50-41-7)68-51-42-8/h61,65,84-88H,1,5,36-38,40-43,45-47,49-60,62-64,66-83H2,2-4,6-34H3. The van der Waals surface area contributed by atoms with E-state index >= 15 is 0 Å². The van der Waals surface area contributed by atoms with E-state index in [9.17, 15) is 0 Å². The quantitative estimate of drug-likeness (QED) is 0.0387. The van der Waals surface area contributed by atoms with E-state index in [1.54, 1.807) is 0 Å². The number of likely N-dealkylation sites (tertiary alicyclic amines) is 5. The van der Waals surface area contributed by atoms with E-state index in [0.717, 1.165) is 319 Å². The molecule has 0 amide bonds. The Balaban J connectivity index is 1.24. The first-order valence-electron chi connectivity index (χ1n) is 52.1. The molecule has 0 spiro atoms. The minimum atomic E-state index is -0.0997. The van der Waals surface area contributed by atoms with Gasteiger partial charge in [-0.25, -0.2) is 0 Å². The molecule has 0 unspecified atom stereocenters. The molecule has 0 atom stereocenters. The molecule has 5 saturated heterocycles. The fraction of sp³-hybridized carbons (Fsp3) is 0.841. The number of unbranched alkanes of at least 4 members (excludes halogenated alkanes) is 13. The van der Waals surface area contributed by atoms with Crippen molar-refractivity contribution in [2.24, 2.45) is 0 Å². The van der Waals surface area contributed by atoms with Gasteiger partial charge in [0.2, 0.25) is 53.5 Å². The first-order valence-corrected chi connectivity index (χ1v) is 52.1. The third-order valence-electron chi connectivity index (χ3n) is 31.9. The van der Waals surface area contributed by atoms with Crippen molar-refractivity contribution in [1.82, 2.24) is 69.4 Å². The Labute approximate surface area is 796 Å². The van der Waals surface area contributed by atoms with Crippen LogP contribution in [-0.2, 0) is 0 Å². The molecule has 130 heavy (non-hydrogen) atoms. The van der Waals surface area contributed by atoms with E-state index in [4.69, 9.17) is 44.9 Å². The van der Waals surface area contributed by atoms with Gasteiger partial charge in [-0.15, -0.1) is 0 Å². The average molecular weight is 1800 g/mol. The summed E-state index contributed by atoms with van der Waals surface area (Å²) in [5.41, 5.74) is 11.4. The van der Waals surface area contributed by atoms with Gasteiger partial charge in [-0.05, 0) is 322 Å². The first kappa shape index (κ1) is 109. The van der Waals surface area contributed by atoms with Gasteiger partial charge in [0.15, 0.2) is 0 Å². The molecule has 5 fully saturated rings. The van der Waals surface area contributed by atoms with E-state index in [0.29, 0.717) is 11.9 Å². The van der Waals surface area contributed by atoms with Crippen LogP contribution in [0.2, 0.25) is 0 Å². The molecule has 0 saturated carbocycles. The van der Waals surface area contributed by atoms with Crippen LogP contribution in [0.25, 0.3) is 0 Å². The second-order valence-electron chi connectivity index (χ2n) is 46.5. The second kappa shape index (κ2) is 47.4. The number of nitrogens with zero attached hydrogens (tertiary/aromatic N) is 23. The van der Waals surface area contributed by atoms with Crippen LogP contribution in [-0.4, -0.2) is 262 Å². The van der Waals surface area contributed by atoms with Gasteiger partial charge in [-0.2, -0.15) is 44.9 Å². The van der Waals surface area contributed by atoms with Crippen LogP contribution in [0.15, 0.2) is 48.5 Å². The minimum Gasteiger partial charge on any atom is -0.341 e. The largest absolute Gasteiger partial charge is 0.341 e. The molecule has 0 aliphatic carbocycles. The van der Waals surface area contributed by atoms with E-state index < -0.39 is 0 Å². The number of piperidine rings is 5. The smallest absolute Gasteiger partial charge is 0.236 e. The zero-order chi connectivity index (χ0) is 96.2. The van der Waals surface area contributed by atoms with Crippen LogP contribution >= 0.6 is 0 Å². The summed E-state index contributed by atoms with van der Waals surface area (Å²) in [6, 6.07) is 0.946. The van der Waals surface area contributed by atoms with Crippen molar-refractivity contribution in [2.45, 2.75) is 478 Å². The number of aromatic nitrogens is 9. The Bertz CT molecular complexity index is 3800. The Morgan fingerprint density at radius 3 is 0.592 bits per heavy atom. The summed E-state index contributed by atoms with van der Waals surface area (Å²) in [5, 5.41) is 0.